The molecule has 3 aliphatic rings. The number of fused-ring (bicyclic) bond motifs is 1. The zero-order chi connectivity index (χ0) is 23.5. The fourth-order valence-corrected chi connectivity index (χ4v) is 5.71. The van der Waals surface area contributed by atoms with Gasteiger partial charge in [0, 0.05) is 50.7 Å². The molecule has 34 heavy (non-hydrogen) atoms. The van der Waals surface area contributed by atoms with Gasteiger partial charge in [-0.15, -0.1) is 0 Å². The van der Waals surface area contributed by atoms with Crippen LogP contribution in [0.15, 0.2) is 60.7 Å². The Morgan fingerprint density at radius 3 is 2.44 bits per heavy atom. The molecule has 2 heterocycles. The molecule has 2 amide bonds. The number of nitrogens with zero attached hydrogens (tertiary/aromatic N) is 2. The van der Waals surface area contributed by atoms with Gasteiger partial charge in [-0.1, -0.05) is 30.4 Å². The van der Waals surface area contributed by atoms with Crippen LogP contribution in [0.3, 0.4) is 0 Å². The summed E-state index contributed by atoms with van der Waals surface area (Å²) in [5.74, 6) is 0.952. The second-order valence-electron chi connectivity index (χ2n) is 10.0. The van der Waals surface area contributed by atoms with Gasteiger partial charge in [0.25, 0.3) is 5.91 Å². The molecule has 5 nitrogen and oxygen atoms in total. The fraction of sp³-hybridized carbons (Fsp3) is 0.448. The molecule has 2 aromatic carbocycles. The lowest BCUT2D eigenvalue weighted by molar-refractivity contribution is -0.130. The number of piperidine rings is 1. The van der Waals surface area contributed by atoms with Gasteiger partial charge in [-0.25, -0.2) is 0 Å². The number of hydrogen-bond acceptors (Lipinski definition) is 3. The minimum atomic E-state index is 0.0469. The number of anilines is 1. The van der Waals surface area contributed by atoms with Crippen molar-refractivity contribution in [1.29, 1.82) is 0 Å². The highest BCUT2D eigenvalue weighted by atomic mass is 16.5. The summed E-state index contributed by atoms with van der Waals surface area (Å²) in [7, 11) is 0. The van der Waals surface area contributed by atoms with Crippen LogP contribution in [0, 0.1) is 5.41 Å². The average Bonchev–Trinajstić information content (AvgIpc) is 3.01. The number of hydrogen-bond donors (Lipinski definition) is 0. The Balaban J connectivity index is 1.29. The molecule has 5 heteroatoms. The Bertz CT molecular complexity index is 1070. The number of carbonyl (C=O) groups is 2. The molecule has 1 atom stereocenters. The highest BCUT2D eigenvalue weighted by Crippen LogP contribution is 2.43. The second kappa shape index (κ2) is 9.65. The minimum Gasteiger partial charge on any atom is -0.490 e. The van der Waals surface area contributed by atoms with Crippen LogP contribution in [0.1, 0.15) is 61.4 Å². The van der Waals surface area contributed by atoms with E-state index in [9.17, 15) is 9.59 Å². The number of benzene rings is 2. The van der Waals surface area contributed by atoms with Crippen molar-refractivity contribution in [3.8, 4) is 5.75 Å². The summed E-state index contributed by atoms with van der Waals surface area (Å²) in [4.78, 5) is 29.0. The van der Waals surface area contributed by atoms with Gasteiger partial charge in [-0.2, -0.15) is 0 Å². The normalized spacial score (nSPS) is 22.9. The van der Waals surface area contributed by atoms with E-state index >= 15 is 0 Å². The summed E-state index contributed by atoms with van der Waals surface area (Å²) >= 11 is 0. The van der Waals surface area contributed by atoms with Crippen LogP contribution in [0.2, 0.25) is 0 Å². The number of likely N-dealkylation sites (tertiary alicyclic amines) is 1. The molecule has 1 aliphatic carbocycles. The van der Waals surface area contributed by atoms with Crippen molar-refractivity contribution in [3.63, 3.8) is 0 Å². The van der Waals surface area contributed by atoms with Crippen LogP contribution in [-0.2, 0) is 11.2 Å². The molecule has 1 unspecified atom stereocenters. The van der Waals surface area contributed by atoms with Gasteiger partial charge in [0.15, 0.2) is 0 Å². The maximum Gasteiger partial charge on any atom is 0.258 e. The molecule has 1 spiro atoms. The van der Waals surface area contributed by atoms with Crippen molar-refractivity contribution >= 4 is 17.5 Å². The fourth-order valence-electron chi connectivity index (χ4n) is 5.71. The molecule has 1 saturated heterocycles. The number of amides is 2. The summed E-state index contributed by atoms with van der Waals surface area (Å²) < 4.78 is 6.14. The SMILES string of the molecule is CC(=O)N1CCC(Oc2ccc(C(=O)N3CCC4(C=CCCC4)Cc4ccccc43)cc2)CC1. The molecule has 0 radical (unpaired) electrons. The molecular formula is C29H34N2O3. The van der Waals surface area contributed by atoms with Crippen molar-refractivity contribution in [2.75, 3.05) is 24.5 Å². The average molecular weight is 459 g/mol. The van der Waals surface area contributed by atoms with Crippen molar-refractivity contribution in [1.82, 2.24) is 4.90 Å². The lowest BCUT2D eigenvalue weighted by atomic mass is 9.72. The van der Waals surface area contributed by atoms with Crippen LogP contribution >= 0.6 is 0 Å². The summed E-state index contributed by atoms with van der Waals surface area (Å²) in [6.45, 7) is 3.82. The maximum atomic E-state index is 13.6. The molecule has 1 fully saturated rings. The Morgan fingerprint density at radius 2 is 1.74 bits per heavy atom. The smallest absolute Gasteiger partial charge is 0.258 e. The van der Waals surface area contributed by atoms with Gasteiger partial charge >= 0.3 is 0 Å². The number of ether oxygens (including phenoxy) is 1. The molecular weight excluding hydrogens is 424 g/mol. The highest BCUT2D eigenvalue weighted by molar-refractivity contribution is 6.06. The van der Waals surface area contributed by atoms with E-state index < -0.39 is 0 Å². The van der Waals surface area contributed by atoms with Crippen LogP contribution in [0.5, 0.6) is 5.75 Å². The van der Waals surface area contributed by atoms with Gasteiger partial charge in [0.1, 0.15) is 11.9 Å². The molecule has 0 saturated carbocycles. The first-order chi connectivity index (χ1) is 16.5. The van der Waals surface area contributed by atoms with Crippen molar-refractivity contribution in [3.05, 3.63) is 71.8 Å². The topological polar surface area (TPSA) is 49.9 Å². The van der Waals surface area contributed by atoms with E-state index in [1.807, 2.05) is 40.1 Å². The third kappa shape index (κ3) is 4.75. The van der Waals surface area contributed by atoms with Gasteiger partial charge in [0.2, 0.25) is 5.91 Å². The third-order valence-electron chi connectivity index (χ3n) is 7.71. The van der Waals surface area contributed by atoms with E-state index in [0.29, 0.717) is 5.56 Å². The predicted octanol–water partition coefficient (Wildman–Crippen LogP) is 5.40. The lowest BCUT2D eigenvalue weighted by Gasteiger charge is -2.32. The van der Waals surface area contributed by atoms with Gasteiger partial charge in [-0.05, 0) is 73.4 Å². The van der Waals surface area contributed by atoms with Gasteiger partial charge < -0.3 is 14.5 Å². The molecule has 0 aromatic heterocycles. The zero-order valence-corrected chi connectivity index (χ0v) is 20.0. The third-order valence-corrected chi connectivity index (χ3v) is 7.71. The van der Waals surface area contributed by atoms with Crippen LogP contribution in [0.25, 0.3) is 0 Å². The van der Waals surface area contributed by atoms with E-state index in [1.54, 1.807) is 6.92 Å². The monoisotopic (exact) mass is 458 g/mol. The Morgan fingerprint density at radius 1 is 0.971 bits per heavy atom. The van der Waals surface area contributed by atoms with E-state index in [0.717, 1.165) is 63.2 Å². The summed E-state index contributed by atoms with van der Waals surface area (Å²) in [6, 6.07) is 15.9. The van der Waals surface area contributed by atoms with E-state index in [4.69, 9.17) is 4.74 Å². The largest absolute Gasteiger partial charge is 0.490 e. The van der Waals surface area contributed by atoms with Crippen molar-refractivity contribution < 1.29 is 14.3 Å². The van der Waals surface area contributed by atoms with E-state index in [1.165, 1.54) is 18.4 Å². The Kier molecular flexibility index (Phi) is 6.44. The van der Waals surface area contributed by atoms with E-state index in [2.05, 4.69) is 30.4 Å². The van der Waals surface area contributed by atoms with Crippen molar-refractivity contribution in [2.24, 2.45) is 5.41 Å². The second-order valence-corrected chi connectivity index (χ2v) is 10.0. The molecule has 0 bridgehead atoms. The molecule has 2 aromatic rings. The lowest BCUT2D eigenvalue weighted by Crippen LogP contribution is -2.40. The Labute approximate surface area is 202 Å². The first kappa shape index (κ1) is 22.7. The summed E-state index contributed by atoms with van der Waals surface area (Å²) in [5.41, 5.74) is 3.15. The minimum absolute atomic E-state index is 0.0469. The molecule has 178 valence electrons. The molecule has 0 N–H and O–H groups in total. The number of carbonyl (C=O) groups excluding carboxylic acids is 2. The first-order valence-corrected chi connectivity index (χ1v) is 12.6. The van der Waals surface area contributed by atoms with Crippen LogP contribution in [-0.4, -0.2) is 42.5 Å². The zero-order valence-electron chi connectivity index (χ0n) is 20.0. The number of allylic oxidation sites excluding steroid dienone is 2. The van der Waals surface area contributed by atoms with E-state index in [-0.39, 0.29) is 23.3 Å². The van der Waals surface area contributed by atoms with Crippen LogP contribution in [0.4, 0.5) is 5.69 Å². The summed E-state index contributed by atoms with van der Waals surface area (Å²) in [5, 5.41) is 0. The standard InChI is InChI=1S/C29H34N2O3/c1-22(32)30-18-13-26(14-19-30)34-25-11-9-23(10-12-25)28(33)31-20-17-29(15-5-2-6-16-29)21-24-7-3-4-8-27(24)31/h3-5,7-12,15,26H,2,6,13-14,16-21H2,1H3. The number of rotatable bonds is 3. The van der Waals surface area contributed by atoms with Crippen LogP contribution < -0.4 is 9.64 Å². The first-order valence-electron chi connectivity index (χ1n) is 12.6. The highest BCUT2D eigenvalue weighted by Gasteiger charge is 2.35. The predicted molar refractivity (Wildman–Crippen MR) is 134 cm³/mol. The van der Waals surface area contributed by atoms with Gasteiger partial charge in [-0.3, -0.25) is 9.59 Å². The summed E-state index contributed by atoms with van der Waals surface area (Å²) in [6.07, 6.45) is 12.1. The number of para-hydroxylation sites is 1. The van der Waals surface area contributed by atoms with Gasteiger partial charge in [0.05, 0.1) is 0 Å². The Hall–Kier alpha value is -3.08. The van der Waals surface area contributed by atoms with Crippen molar-refractivity contribution in [2.45, 2.75) is 58.0 Å². The maximum absolute atomic E-state index is 13.6. The quantitative estimate of drug-likeness (QED) is 0.579. The molecule has 5 rings (SSSR count). The molecule has 2 aliphatic heterocycles.